The maximum atomic E-state index is 13.6. The molecule has 28 heavy (non-hydrogen) atoms. The van der Waals surface area contributed by atoms with Crippen molar-refractivity contribution in [3.8, 4) is 5.75 Å². The molecule has 0 aromatic heterocycles. The molecule has 1 atom stereocenters. The number of hydrogen-bond donors (Lipinski definition) is 1. The molecule has 0 aliphatic carbocycles. The van der Waals surface area contributed by atoms with Gasteiger partial charge in [-0.25, -0.2) is 4.57 Å². The molecule has 0 radical (unpaired) electrons. The molecule has 2 aromatic carbocycles. The van der Waals surface area contributed by atoms with Crippen LogP contribution in [0, 0.1) is 0 Å². The molecule has 7 heteroatoms. The lowest BCUT2D eigenvalue weighted by atomic mass is 9.95. The topological polar surface area (TPSA) is 56.8 Å². The summed E-state index contributed by atoms with van der Waals surface area (Å²) in [7, 11) is -3.89. The van der Waals surface area contributed by atoms with E-state index in [0.717, 1.165) is 23.0 Å². The standard InChI is InChI=1S/C21H29ClNO4P/c1-20(2,3)26-28(24,27-21(4,5)6)25-18-11-17-19(14(12-22)13-23-17)16-10-8-7-9-15(16)18/h7-11,14,23H,12-13H2,1-6H3. The van der Waals surface area contributed by atoms with Crippen LogP contribution in [0.5, 0.6) is 5.75 Å². The lowest BCUT2D eigenvalue weighted by Crippen LogP contribution is -2.25. The van der Waals surface area contributed by atoms with Gasteiger partial charge < -0.3 is 9.84 Å². The Labute approximate surface area is 172 Å². The maximum Gasteiger partial charge on any atom is 0.531 e. The Hall–Kier alpha value is -1.26. The van der Waals surface area contributed by atoms with Crippen LogP contribution in [0.15, 0.2) is 30.3 Å². The van der Waals surface area contributed by atoms with E-state index < -0.39 is 19.0 Å². The van der Waals surface area contributed by atoms with E-state index in [0.29, 0.717) is 11.6 Å². The van der Waals surface area contributed by atoms with Gasteiger partial charge in [-0.2, -0.15) is 0 Å². The number of anilines is 1. The number of nitrogens with one attached hydrogen (secondary N) is 1. The molecule has 1 aliphatic heterocycles. The minimum absolute atomic E-state index is 0.221. The summed E-state index contributed by atoms with van der Waals surface area (Å²) in [5, 5.41) is 5.27. The van der Waals surface area contributed by atoms with Crippen LogP contribution in [0.25, 0.3) is 10.8 Å². The third-order valence-electron chi connectivity index (χ3n) is 4.16. The Bertz CT molecular complexity index is 897. The number of phosphoric acid groups is 1. The van der Waals surface area contributed by atoms with Crippen LogP contribution in [0.3, 0.4) is 0 Å². The van der Waals surface area contributed by atoms with E-state index in [4.69, 9.17) is 25.2 Å². The summed E-state index contributed by atoms with van der Waals surface area (Å²) in [6.45, 7) is 11.7. The third kappa shape index (κ3) is 4.83. The first-order chi connectivity index (χ1) is 12.9. The van der Waals surface area contributed by atoms with Crippen LogP contribution in [0.4, 0.5) is 5.69 Å². The molecule has 0 fully saturated rings. The molecular weight excluding hydrogens is 397 g/mol. The van der Waals surface area contributed by atoms with Crippen molar-refractivity contribution in [2.24, 2.45) is 0 Å². The number of fused-ring (bicyclic) bond motifs is 3. The predicted molar refractivity (Wildman–Crippen MR) is 116 cm³/mol. The van der Waals surface area contributed by atoms with Crippen LogP contribution in [-0.2, 0) is 13.6 Å². The number of benzene rings is 2. The molecule has 0 spiro atoms. The monoisotopic (exact) mass is 425 g/mol. The molecule has 1 unspecified atom stereocenters. The summed E-state index contributed by atoms with van der Waals surface area (Å²) in [6.07, 6.45) is 0. The van der Waals surface area contributed by atoms with Crippen molar-refractivity contribution in [3.63, 3.8) is 0 Å². The van der Waals surface area contributed by atoms with Gasteiger partial charge in [0, 0.05) is 35.5 Å². The van der Waals surface area contributed by atoms with Crippen molar-refractivity contribution in [2.45, 2.75) is 58.7 Å². The van der Waals surface area contributed by atoms with Crippen molar-refractivity contribution in [3.05, 3.63) is 35.9 Å². The van der Waals surface area contributed by atoms with Gasteiger partial charge in [0.1, 0.15) is 5.75 Å². The van der Waals surface area contributed by atoms with Crippen LogP contribution in [0.2, 0.25) is 0 Å². The van der Waals surface area contributed by atoms with Crippen LogP contribution in [0.1, 0.15) is 53.0 Å². The summed E-state index contributed by atoms with van der Waals surface area (Å²) in [5.74, 6) is 1.22. The van der Waals surface area contributed by atoms with Crippen molar-refractivity contribution in [1.29, 1.82) is 0 Å². The van der Waals surface area contributed by atoms with Crippen molar-refractivity contribution < 1.29 is 18.1 Å². The molecule has 5 nitrogen and oxygen atoms in total. The number of phosphoric ester groups is 1. The molecule has 0 saturated carbocycles. The number of halogens is 1. The van der Waals surface area contributed by atoms with Crippen LogP contribution in [-0.4, -0.2) is 23.6 Å². The average molecular weight is 426 g/mol. The molecule has 154 valence electrons. The fraction of sp³-hybridized carbons (Fsp3) is 0.524. The smallest absolute Gasteiger partial charge is 0.403 e. The number of hydrogen-bond acceptors (Lipinski definition) is 5. The zero-order valence-electron chi connectivity index (χ0n) is 17.3. The highest BCUT2D eigenvalue weighted by molar-refractivity contribution is 7.49. The molecule has 0 amide bonds. The molecule has 0 saturated heterocycles. The first kappa shape index (κ1) is 21.4. The van der Waals surface area contributed by atoms with Gasteiger partial charge in [0.2, 0.25) is 0 Å². The Morgan fingerprint density at radius 1 is 1.07 bits per heavy atom. The fourth-order valence-electron chi connectivity index (χ4n) is 3.34. The van der Waals surface area contributed by atoms with Gasteiger partial charge in [-0.1, -0.05) is 24.3 Å². The lowest BCUT2D eigenvalue weighted by Gasteiger charge is -2.31. The Morgan fingerprint density at radius 3 is 2.18 bits per heavy atom. The first-order valence-corrected chi connectivity index (χ1v) is 11.5. The van der Waals surface area contributed by atoms with Crippen LogP contribution >= 0.6 is 19.4 Å². The van der Waals surface area contributed by atoms with Crippen molar-refractivity contribution in [1.82, 2.24) is 0 Å². The highest BCUT2D eigenvalue weighted by atomic mass is 35.5. The van der Waals surface area contributed by atoms with E-state index in [1.165, 1.54) is 5.56 Å². The van der Waals surface area contributed by atoms with Gasteiger partial charge in [-0.15, -0.1) is 11.6 Å². The van der Waals surface area contributed by atoms with Crippen molar-refractivity contribution in [2.75, 3.05) is 17.7 Å². The second-order valence-electron chi connectivity index (χ2n) is 9.06. The Kier molecular flexibility index (Phi) is 5.77. The normalized spacial score (nSPS) is 17.5. The quantitative estimate of drug-likeness (QED) is 0.426. The second kappa shape index (κ2) is 7.53. The van der Waals surface area contributed by atoms with E-state index in [2.05, 4.69) is 5.32 Å². The molecule has 1 heterocycles. The summed E-state index contributed by atoms with van der Waals surface area (Å²) in [6, 6.07) is 9.77. The minimum atomic E-state index is -3.89. The molecular formula is C21H29ClNO4P. The molecule has 0 bridgehead atoms. The summed E-state index contributed by atoms with van der Waals surface area (Å²) in [5.41, 5.74) is 0.712. The van der Waals surface area contributed by atoms with E-state index in [1.807, 2.05) is 71.9 Å². The lowest BCUT2D eigenvalue weighted by molar-refractivity contribution is 0.0226. The summed E-state index contributed by atoms with van der Waals surface area (Å²) >= 11 is 6.17. The molecule has 1 aliphatic rings. The highest BCUT2D eigenvalue weighted by Gasteiger charge is 2.39. The van der Waals surface area contributed by atoms with Gasteiger partial charge in [0.05, 0.1) is 11.2 Å². The van der Waals surface area contributed by atoms with Gasteiger partial charge in [0.25, 0.3) is 0 Å². The van der Waals surface area contributed by atoms with E-state index >= 15 is 0 Å². The zero-order chi connectivity index (χ0) is 20.7. The number of rotatable bonds is 5. The average Bonchev–Trinajstić information content (AvgIpc) is 2.94. The maximum absolute atomic E-state index is 13.6. The van der Waals surface area contributed by atoms with E-state index in [1.54, 1.807) is 0 Å². The van der Waals surface area contributed by atoms with Gasteiger partial charge in [-0.3, -0.25) is 9.05 Å². The molecule has 2 aromatic rings. The Morgan fingerprint density at radius 2 is 1.64 bits per heavy atom. The predicted octanol–water partition coefficient (Wildman–Crippen LogP) is 6.70. The van der Waals surface area contributed by atoms with Crippen molar-refractivity contribution >= 4 is 35.9 Å². The SMILES string of the molecule is CC(C)(C)OP(=O)(Oc1cc2c(c3ccccc13)C(CCl)CN2)OC(C)(C)C. The molecule has 1 N–H and O–H groups in total. The Balaban J connectivity index is 2.10. The zero-order valence-corrected chi connectivity index (χ0v) is 19.0. The van der Waals surface area contributed by atoms with E-state index in [9.17, 15) is 4.57 Å². The minimum Gasteiger partial charge on any atom is -0.403 e. The van der Waals surface area contributed by atoms with Gasteiger partial charge in [-0.05, 0) is 52.5 Å². The largest absolute Gasteiger partial charge is 0.531 e. The van der Waals surface area contributed by atoms with Gasteiger partial charge in [0.15, 0.2) is 0 Å². The highest BCUT2D eigenvalue weighted by Crippen LogP contribution is 2.57. The third-order valence-corrected chi connectivity index (χ3v) is 6.50. The van der Waals surface area contributed by atoms with Gasteiger partial charge >= 0.3 is 7.82 Å². The number of alkyl halides is 1. The molecule has 3 rings (SSSR count). The first-order valence-electron chi connectivity index (χ1n) is 9.47. The second-order valence-corrected chi connectivity index (χ2v) is 10.8. The fourth-order valence-corrected chi connectivity index (χ4v) is 5.45. The summed E-state index contributed by atoms with van der Waals surface area (Å²) in [4.78, 5) is 0. The van der Waals surface area contributed by atoms with Crippen LogP contribution < -0.4 is 9.84 Å². The summed E-state index contributed by atoms with van der Waals surface area (Å²) < 4.78 is 31.1. The van der Waals surface area contributed by atoms with E-state index in [-0.39, 0.29) is 5.92 Å².